The Hall–Kier alpha value is -1.72. The number of aliphatic hydroxyl groups excluding tert-OH is 1. The van der Waals surface area contributed by atoms with Crippen LogP contribution in [0, 0.1) is 12.3 Å². The van der Waals surface area contributed by atoms with Crippen molar-refractivity contribution in [2.75, 3.05) is 7.11 Å². The topological polar surface area (TPSA) is 29.5 Å². The number of hydrogen-bond donors (Lipinski definition) is 1. The minimum absolute atomic E-state index is 0.474. The third-order valence-corrected chi connectivity index (χ3v) is 2.16. The SMILES string of the molecule is C#Cc1ccc(OC)cc1[C@@H](O)CC=C. The molecule has 0 fully saturated rings. The Morgan fingerprint density at radius 2 is 2.40 bits per heavy atom. The van der Waals surface area contributed by atoms with E-state index in [1.807, 2.05) is 0 Å². The van der Waals surface area contributed by atoms with Crippen LogP contribution in [0.2, 0.25) is 0 Å². The lowest BCUT2D eigenvalue weighted by molar-refractivity contribution is 0.181. The molecule has 0 radical (unpaired) electrons. The predicted octanol–water partition coefficient (Wildman–Crippen LogP) is 2.29. The molecule has 1 rings (SSSR count). The van der Waals surface area contributed by atoms with Crippen LogP contribution in [0.4, 0.5) is 0 Å². The Morgan fingerprint density at radius 1 is 1.67 bits per heavy atom. The van der Waals surface area contributed by atoms with E-state index >= 15 is 0 Å². The standard InChI is InChI=1S/C13H14O2/c1-4-6-13(14)12-9-11(15-3)8-7-10(12)5-2/h2,4,7-9,13-14H,1,6H2,3H3/t13-/m0/s1. The highest BCUT2D eigenvalue weighted by Crippen LogP contribution is 2.25. The normalized spacial score (nSPS) is 11.5. The van der Waals surface area contributed by atoms with Crippen LogP contribution >= 0.6 is 0 Å². The van der Waals surface area contributed by atoms with Crippen molar-refractivity contribution in [2.45, 2.75) is 12.5 Å². The molecule has 1 atom stereocenters. The zero-order valence-electron chi connectivity index (χ0n) is 8.73. The van der Waals surface area contributed by atoms with E-state index in [1.54, 1.807) is 31.4 Å². The third kappa shape index (κ3) is 2.61. The van der Waals surface area contributed by atoms with Gasteiger partial charge in [-0.1, -0.05) is 12.0 Å². The van der Waals surface area contributed by atoms with Crippen LogP contribution < -0.4 is 4.74 Å². The van der Waals surface area contributed by atoms with E-state index in [9.17, 15) is 5.11 Å². The molecule has 0 saturated heterocycles. The molecule has 0 saturated carbocycles. The van der Waals surface area contributed by atoms with Crippen LogP contribution in [0.15, 0.2) is 30.9 Å². The van der Waals surface area contributed by atoms with Crippen molar-refractivity contribution in [3.63, 3.8) is 0 Å². The minimum atomic E-state index is -0.622. The van der Waals surface area contributed by atoms with E-state index in [0.29, 0.717) is 23.3 Å². The molecule has 1 N–H and O–H groups in total. The molecule has 0 aliphatic heterocycles. The Morgan fingerprint density at radius 3 is 2.93 bits per heavy atom. The predicted molar refractivity (Wildman–Crippen MR) is 60.7 cm³/mol. The first kappa shape index (κ1) is 11.4. The fraction of sp³-hybridized carbons (Fsp3) is 0.231. The van der Waals surface area contributed by atoms with Gasteiger partial charge in [0.2, 0.25) is 0 Å². The molecule has 2 heteroatoms. The van der Waals surface area contributed by atoms with E-state index in [-0.39, 0.29) is 0 Å². The summed E-state index contributed by atoms with van der Waals surface area (Å²) in [4.78, 5) is 0. The average molecular weight is 202 g/mol. The van der Waals surface area contributed by atoms with Gasteiger partial charge in [0.15, 0.2) is 0 Å². The number of ether oxygens (including phenoxy) is 1. The Kier molecular flexibility index (Phi) is 3.96. The molecule has 0 aromatic heterocycles. The van der Waals surface area contributed by atoms with Gasteiger partial charge in [0.1, 0.15) is 5.75 Å². The summed E-state index contributed by atoms with van der Waals surface area (Å²) in [6, 6.07) is 5.29. The maximum Gasteiger partial charge on any atom is 0.119 e. The van der Waals surface area contributed by atoms with Gasteiger partial charge in [0.25, 0.3) is 0 Å². The molecule has 78 valence electrons. The zero-order chi connectivity index (χ0) is 11.3. The van der Waals surface area contributed by atoms with Crippen LogP contribution in [0.3, 0.4) is 0 Å². The van der Waals surface area contributed by atoms with Gasteiger partial charge >= 0.3 is 0 Å². The van der Waals surface area contributed by atoms with Gasteiger partial charge in [-0.25, -0.2) is 0 Å². The fourth-order valence-corrected chi connectivity index (χ4v) is 1.36. The number of methoxy groups -OCH3 is 1. The first-order valence-corrected chi connectivity index (χ1v) is 4.66. The molecular weight excluding hydrogens is 188 g/mol. The molecule has 1 aromatic carbocycles. The minimum Gasteiger partial charge on any atom is -0.497 e. The van der Waals surface area contributed by atoms with Crippen molar-refractivity contribution < 1.29 is 9.84 Å². The average Bonchev–Trinajstić information content (AvgIpc) is 2.28. The smallest absolute Gasteiger partial charge is 0.119 e. The highest BCUT2D eigenvalue weighted by Gasteiger charge is 2.11. The summed E-state index contributed by atoms with van der Waals surface area (Å²) >= 11 is 0. The lowest BCUT2D eigenvalue weighted by Crippen LogP contribution is -2.00. The molecule has 0 bridgehead atoms. The number of aliphatic hydroxyl groups is 1. The van der Waals surface area contributed by atoms with E-state index < -0.39 is 6.10 Å². The van der Waals surface area contributed by atoms with Gasteiger partial charge in [0, 0.05) is 11.1 Å². The van der Waals surface area contributed by atoms with Gasteiger partial charge in [-0.3, -0.25) is 0 Å². The monoisotopic (exact) mass is 202 g/mol. The molecular formula is C13H14O2. The summed E-state index contributed by atoms with van der Waals surface area (Å²) in [6.45, 7) is 3.58. The molecule has 0 aliphatic carbocycles. The number of benzene rings is 1. The second-order valence-corrected chi connectivity index (χ2v) is 3.14. The highest BCUT2D eigenvalue weighted by molar-refractivity contribution is 5.45. The van der Waals surface area contributed by atoms with E-state index in [0.717, 1.165) is 0 Å². The molecule has 0 aliphatic rings. The van der Waals surface area contributed by atoms with E-state index in [4.69, 9.17) is 11.2 Å². The Labute approximate surface area is 90.2 Å². The van der Waals surface area contributed by atoms with Crippen molar-refractivity contribution in [3.8, 4) is 18.1 Å². The van der Waals surface area contributed by atoms with Crippen molar-refractivity contribution in [1.82, 2.24) is 0 Å². The van der Waals surface area contributed by atoms with Gasteiger partial charge in [-0.2, -0.15) is 0 Å². The van der Waals surface area contributed by atoms with Crippen LogP contribution in [0.1, 0.15) is 23.7 Å². The first-order valence-electron chi connectivity index (χ1n) is 4.66. The number of hydrogen-bond acceptors (Lipinski definition) is 2. The summed E-state index contributed by atoms with van der Waals surface area (Å²) in [5.74, 6) is 3.22. The Balaban J connectivity index is 3.12. The lowest BCUT2D eigenvalue weighted by atomic mass is 10.0. The highest BCUT2D eigenvalue weighted by atomic mass is 16.5. The van der Waals surface area contributed by atoms with Crippen LogP contribution in [-0.2, 0) is 0 Å². The quantitative estimate of drug-likeness (QED) is 0.599. The van der Waals surface area contributed by atoms with Crippen molar-refractivity contribution in [2.24, 2.45) is 0 Å². The molecule has 2 nitrogen and oxygen atoms in total. The summed E-state index contributed by atoms with van der Waals surface area (Å²) in [7, 11) is 1.58. The van der Waals surface area contributed by atoms with Gasteiger partial charge in [-0.05, 0) is 24.6 Å². The maximum absolute atomic E-state index is 9.83. The van der Waals surface area contributed by atoms with Crippen molar-refractivity contribution in [3.05, 3.63) is 42.0 Å². The summed E-state index contributed by atoms with van der Waals surface area (Å²) in [5.41, 5.74) is 1.39. The molecule has 0 spiro atoms. The van der Waals surface area contributed by atoms with Gasteiger partial charge in [0.05, 0.1) is 13.2 Å². The molecule has 1 aromatic rings. The lowest BCUT2D eigenvalue weighted by Gasteiger charge is -2.12. The van der Waals surface area contributed by atoms with Crippen molar-refractivity contribution >= 4 is 0 Å². The fourth-order valence-electron chi connectivity index (χ4n) is 1.36. The molecule has 0 amide bonds. The van der Waals surface area contributed by atoms with E-state index in [2.05, 4.69) is 12.5 Å². The molecule has 15 heavy (non-hydrogen) atoms. The van der Waals surface area contributed by atoms with Crippen LogP contribution in [0.25, 0.3) is 0 Å². The largest absolute Gasteiger partial charge is 0.497 e. The first-order chi connectivity index (χ1) is 7.22. The maximum atomic E-state index is 9.83. The number of rotatable bonds is 4. The summed E-state index contributed by atoms with van der Waals surface area (Å²) in [6.07, 6.45) is 6.86. The Bertz CT molecular complexity index is 388. The van der Waals surface area contributed by atoms with Gasteiger partial charge < -0.3 is 9.84 Å². The number of terminal acetylenes is 1. The molecule has 0 unspecified atom stereocenters. The molecule has 0 heterocycles. The summed E-state index contributed by atoms with van der Waals surface area (Å²) in [5, 5.41) is 9.83. The van der Waals surface area contributed by atoms with E-state index in [1.165, 1.54) is 0 Å². The van der Waals surface area contributed by atoms with Crippen LogP contribution in [-0.4, -0.2) is 12.2 Å². The summed E-state index contributed by atoms with van der Waals surface area (Å²) < 4.78 is 5.08. The third-order valence-electron chi connectivity index (χ3n) is 2.16. The van der Waals surface area contributed by atoms with Gasteiger partial charge in [-0.15, -0.1) is 13.0 Å². The second kappa shape index (κ2) is 5.23. The second-order valence-electron chi connectivity index (χ2n) is 3.14. The van der Waals surface area contributed by atoms with Crippen molar-refractivity contribution in [1.29, 1.82) is 0 Å². The zero-order valence-corrected chi connectivity index (χ0v) is 8.73. The van der Waals surface area contributed by atoms with Crippen LogP contribution in [0.5, 0.6) is 5.75 Å².